The van der Waals surface area contributed by atoms with Crippen LogP contribution in [0.25, 0.3) is 11.1 Å². The van der Waals surface area contributed by atoms with Crippen molar-refractivity contribution in [2.45, 2.75) is 30.8 Å². The highest BCUT2D eigenvalue weighted by molar-refractivity contribution is 5.94. The van der Waals surface area contributed by atoms with Crippen LogP contribution in [0.15, 0.2) is 73.1 Å². The summed E-state index contributed by atoms with van der Waals surface area (Å²) in [4.78, 5) is 21.5. The highest BCUT2D eigenvalue weighted by atomic mass is 19.1. The summed E-state index contributed by atoms with van der Waals surface area (Å²) in [6.45, 7) is 2.24. The van der Waals surface area contributed by atoms with Gasteiger partial charge in [0.15, 0.2) is 0 Å². The number of aliphatic hydroxyl groups excluding tert-OH is 1. The summed E-state index contributed by atoms with van der Waals surface area (Å²) in [7, 11) is 0. The van der Waals surface area contributed by atoms with Gasteiger partial charge in [-0.05, 0) is 66.4 Å². The molecule has 0 aliphatic carbocycles. The monoisotopic (exact) mass is 445 g/mol. The van der Waals surface area contributed by atoms with E-state index < -0.39 is 5.82 Å². The number of aliphatic hydroxyl groups is 1. The molecule has 0 bridgehead atoms. The second kappa shape index (κ2) is 9.41. The summed E-state index contributed by atoms with van der Waals surface area (Å²) in [6, 6.07) is 18.6. The molecule has 0 radical (unpaired) electrons. The fourth-order valence-electron chi connectivity index (χ4n) is 5.37. The van der Waals surface area contributed by atoms with E-state index in [9.17, 15) is 14.3 Å². The van der Waals surface area contributed by atoms with Gasteiger partial charge in [-0.2, -0.15) is 0 Å². The molecule has 0 saturated carbocycles. The molecule has 2 aliphatic rings. The second-order valence-electron chi connectivity index (χ2n) is 8.91. The van der Waals surface area contributed by atoms with Crippen molar-refractivity contribution in [1.82, 2.24) is 14.8 Å². The maximum atomic E-state index is 13.7. The molecule has 6 heteroatoms. The Morgan fingerprint density at radius 1 is 1.00 bits per heavy atom. The molecular formula is C27H28FN3O2. The number of amides is 1. The highest BCUT2D eigenvalue weighted by Gasteiger charge is 2.49. The van der Waals surface area contributed by atoms with E-state index in [0.717, 1.165) is 30.5 Å². The molecule has 2 aromatic carbocycles. The van der Waals surface area contributed by atoms with Crippen molar-refractivity contribution in [3.63, 3.8) is 0 Å². The minimum Gasteiger partial charge on any atom is -0.395 e. The van der Waals surface area contributed by atoms with Gasteiger partial charge in [0, 0.05) is 49.0 Å². The molecule has 170 valence electrons. The third-order valence-electron chi connectivity index (χ3n) is 7.04. The molecule has 3 atom stereocenters. The zero-order valence-corrected chi connectivity index (χ0v) is 18.5. The Labute approximate surface area is 193 Å². The molecular weight excluding hydrogens is 417 g/mol. The van der Waals surface area contributed by atoms with Crippen molar-refractivity contribution < 1.29 is 14.3 Å². The molecule has 33 heavy (non-hydrogen) atoms. The summed E-state index contributed by atoms with van der Waals surface area (Å²) < 4.78 is 13.7. The second-order valence-corrected chi connectivity index (χ2v) is 8.91. The molecule has 1 aromatic heterocycles. The van der Waals surface area contributed by atoms with Gasteiger partial charge in [0.25, 0.3) is 5.91 Å². The van der Waals surface area contributed by atoms with E-state index >= 15 is 0 Å². The van der Waals surface area contributed by atoms with Crippen LogP contribution in [0.4, 0.5) is 4.39 Å². The van der Waals surface area contributed by atoms with Crippen molar-refractivity contribution in [2.75, 3.05) is 26.2 Å². The molecule has 5 rings (SSSR count). The predicted octanol–water partition coefficient (Wildman–Crippen LogP) is 3.95. The van der Waals surface area contributed by atoms with Gasteiger partial charge in [0.05, 0.1) is 6.61 Å². The number of benzene rings is 2. The average Bonchev–Trinajstić information content (AvgIpc) is 2.83. The van der Waals surface area contributed by atoms with E-state index in [1.54, 1.807) is 24.5 Å². The zero-order chi connectivity index (χ0) is 22.8. The maximum Gasteiger partial charge on any atom is 0.254 e. The first-order chi connectivity index (χ1) is 16.2. The molecule has 2 saturated heterocycles. The van der Waals surface area contributed by atoms with Crippen molar-refractivity contribution in [2.24, 2.45) is 0 Å². The van der Waals surface area contributed by atoms with Crippen LogP contribution in [0.1, 0.15) is 34.7 Å². The summed E-state index contributed by atoms with van der Waals surface area (Å²) in [5, 5.41) is 10.2. The Morgan fingerprint density at radius 2 is 1.73 bits per heavy atom. The number of rotatable bonds is 4. The molecule has 0 spiro atoms. The number of hydrogen-bond donors (Lipinski definition) is 1. The topological polar surface area (TPSA) is 56.7 Å². The van der Waals surface area contributed by atoms with Crippen molar-refractivity contribution >= 4 is 5.91 Å². The SMILES string of the molecule is O=C(c1cccc(F)c1)N1CCCCN2[C@H](C1)[C@@H](c1ccc(-c3ccncc3)cc1)[C@@H]2CO. The molecule has 3 heterocycles. The lowest BCUT2D eigenvalue weighted by atomic mass is 9.74. The number of pyridine rings is 1. The Kier molecular flexibility index (Phi) is 6.20. The van der Waals surface area contributed by atoms with Gasteiger partial charge in [-0.25, -0.2) is 4.39 Å². The van der Waals surface area contributed by atoms with Crippen LogP contribution in [0, 0.1) is 5.82 Å². The average molecular weight is 446 g/mol. The van der Waals surface area contributed by atoms with Gasteiger partial charge in [-0.15, -0.1) is 0 Å². The Hall–Kier alpha value is -3.09. The molecule has 0 unspecified atom stereocenters. The maximum absolute atomic E-state index is 13.7. The summed E-state index contributed by atoms with van der Waals surface area (Å²) in [5.41, 5.74) is 3.80. The quantitative estimate of drug-likeness (QED) is 0.661. The first-order valence-electron chi connectivity index (χ1n) is 11.6. The predicted molar refractivity (Wildman–Crippen MR) is 125 cm³/mol. The number of aromatic nitrogens is 1. The number of carbonyl (C=O) groups excluding carboxylic acids is 1. The fourth-order valence-corrected chi connectivity index (χ4v) is 5.37. The van der Waals surface area contributed by atoms with Gasteiger partial charge in [-0.1, -0.05) is 30.3 Å². The number of halogens is 1. The Morgan fingerprint density at radius 3 is 2.45 bits per heavy atom. The Bertz CT molecular complexity index is 1110. The standard InChI is InChI=1S/C27H28FN3O2/c28-23-5-3-4-22(16-23)27(33)30-14-1-2-15-31-24(17-30)26(25(31)18-32)21-8-6-19(7-9-21)20-10-12-29-13-11-20/h3-13,16,24-26,32H,1-2,14-15,17-18H2/t24-,25+,26-/m1/s1. The molecule has 1 amide bonds. The number of hydrogen-bond acceptors (Lipinski definition) is 4. The van der Waals surface area contributed by atoms with Crippen LogP contribution in [-0.4, -0.2) is 64.1 Å². The van der Waals surface area contributed by atoms with Crippen LogP contribution in [0.5, 0.6) is 0 Å². The summed E-state index contributed by atoms with van der Waals surface area (Å²) in [6.07, 6.45) is 5.43. The third kappa shape index (κ3) is 4.28. The van der Waals surface area contributed by atoms with Crippen molar-refractivity contribution in [3.8, 4) is 11.1 Å². The molecule has 5 nitrogen and oxygen atoms in total. The first-order valence-corrected chi connectivity index (χ1v) is 11.6. The number of carbonyl (C=O) groups is 1. The largest absolute Gasteiger partial charge is 0.395 e. The molecule has 2 fully saturated rings. The summed E-state index contributed by atoms with van der Waals surface area (Å²) in [5.74, 6) is -0.386. The zero-order valence-electron chi connectivity index (χ0n) is 18.5. The lowest BCUT2D eigenvalue weighted by Gasteiger charge is -2.57. The highest BCUT2D eigenvalue weighted by Crippen LogP contribution is 2.42. The van der Waals surface area contributed by atoms with Gasteiger partial charge in [0.1, 0.15) is 5.82 Å². The van der Waals surface area contributed by atoms with Crippen LogP contribution in [0.3, 0.4) is 0 Å². The number of fused-ring (bicyclic) bond motifs is 1. The van der Waals surface area contributed by atoms with Crippen LogP contribution < -0.4 is 0 Å². The van der Waals surface area contributed by atoms with Crippen LogP contribution in [0.2, 0.25) is 0 Å². The van der Waals surface area contributed by atoms with Gasteiger partial charge >= 0.3 is 0 Å². The van der Waals surface area contributed by atoms with E-state index in [1.807, 2.05) is 17.0 Å². The van der Waals surface area contributed by atoms with Gasteiger partial charge in [-0.3, -0.25) is 14.7 Å². The van der Waals surface area contributed by atoms with Crippen LogP contribution >= 0.6 is 0 Å². The fraction of sp³-hybridized carbons (Fsp3) is 0.333. The van der Waals surface area contributed by atoms with E-state index in [4.69, 9.17) is 0 Å². The van der Waals surface area contributed by atoms with E-state index in [2.05, 4.69) is 34.1 Å². The van der Waals surface area contributed by atoms with Crippen molar-refractivity contribution in [3.05, 3.63) is 90.0 Å². The van der Waals surface area contributed by atoms with Gasteiger partial charge < -0.3 is 10.0 Å². The first kappa shape index (κ1) is 21.7. The normalized spacial score (nSPS) is 23.2. The van der Waals surface area contributed by atoms with Gasteiger partial charge in [0.2, 0.25) is 0 Å². The van der Waals surface area contributed by atoms with E-state index in [1.165, 1.54) is 17.7 Å². The lowest BCUT2D eigenvalue weighted by Crippen LogP contribution is -2.67. The Balaban J connectivity index is 1.39. The smallest absolute Gasteiger partial charge is 0.254 e. The molecule has 2 aliphatic heterocycles. The summed E-state index contributed by atoms with van der Waals surface area (Å²) >= 11 is 0. The molecule has 3 aromatic rings. The van der Waals surface area contributed by atoms with Crippen molar-refractivity contribution in [1.29, 1.82) is 0 Å². The lowest BCUT2D eigenvalue weighted by molar-refractivity contribution is -0.0606. The number of nitrogens with zero attached hydrogens (tertiary/aromatic N) is 3. The third-order valence-corrected chi connectivity index (χ3v) is 7.04. The minimum atomic E-state index is -0.398. The van der Waals surface area contributed by atoms with E-state index in [0.29, 0.717) is 18.7 Å². The van der Waals surface area contributed by atoms with E-state index in [-0.39, 0.29) is 30.5 Å². The minimum absolute atomic E-state index is 0.0472. The van der Waals surface area contributed by atoms with Crippen LogP contribution in [-0.2, 0) is 0 Å². The molecule has 1 N–H and O–H groups in total.